The number of rotatable bonds is 6. The van der Waals surface area contributed by atoms with Gasteiger partial charge in [0.2, 0.25) is 0 Å². The van der Waals surface area contributed by atoms with E-state index in [1.54, 1.807) is 12.1 Å². The average molecular weight is 316 g/mol. The van der Waals surface area contributed by atoms with E-state index >= 15 is 0 Å². The molecule has 0 aliphatic carbocycles. The number of ether oxygens (including phenoxy) is 2. The number of morpholine rings is 1. The van der Waals surface area contributed by atoms with Crippen LogP contribution >= 0.6 is 0 Å². The minimum atomic E-state index is -3.72. The van der Waals surface area contributed by atoms with E-state index in [1.165, 1.54) is 16.4 Å². The molecule has 21 heavy (non-hydrogen) atoms. The number of carboxylic acids is 1. The summed E-state index contributed by atoms with van der Waals surface area (Å²) >= 11 is 0. The van der Waals surface area contributed by atoms with Gasteiger partial charge in [-0.25, -0.2) is 4.79 Å². The Morgan fingerprint density at radius 2 is 2.00 bits per heavy atom. The van der Waals surface area contributed by atoms with Crippen LogP contribution in [0.4, 0.5) is 5.69 Å². The number of benzene rings is 1. The lowest BCUT2D eigenvalue weighted by Gasteiger charge is -2.26. The van der Waals surface area contributed by atoms with Crippen molar-refractivity contribution in [3.63, 3.8) is 0 Å². The molecule has 1 aromatic rings. The smallest absolute Gasteiger partial charge is 0.341 e. The molecule has 1 heterocycles. The van der Waals surface area contributed by atoms with Crippen LogP contribution in [0.2, 0.25) is 0 Å². The number of carbonyl (C=O) groups is 1. The van der Waals surface area contributed by atoms with E-state index in [0.29, 0.717) is 13.2 Å². The van der Waals surface area contributed by atoms with Crippen LogP contribution in [0.5, 0.6) is 5.75 Å². The van der Waals surface area contributed by atoms with Gasteiger partial charge < -0.3 is 14.6 Å². The normalized spacial score (nSPS) is 16.4. The molecular weight excluding hydrogens is 300 g/mol. The van der Waals surface area contributed by atoms with Crippen molar-refractivity contribution in [3.05, 3.63) is 24.3 Å². The Morgan fingerprint density at radius 1 is 1.33 bits per heavy atom. The van der Waals surface area contributed by atoms with Gasteiger partial charge in [0.15, 0.2) is 6.61 Å². The molecule has 8 nitrogen and oxygen atoms in total. The van der Waals surface area contributed by atoms with E-state index < -0.39 is 22.8 Å². The molecule has 1 aromatic carbocycles. The standard InChI is InChI=1S/C12H16N2O6S/c15-12(16)9-20-11-4-2-1-3-10(11)13-21(17,18)14-5-7-19-8-6-14/h1-4,13H,5-9H2,(H,15,16). The van der Waals surface area contributed by atoms with Crippen molar-refractivity contribution in [1.82, 2.24) is 4.31 Å². The van der Waals surface area contributed by atoms with Crippen molar-refractivity contribution in [3.8, 4) is 5.75 Å². The number of para-hydroxylation sites is 2. The molecule has 0 bridgehead atoms. The minimum absolute atomic E-state index is 0.164. The lowest BCUT2D eigenvalue weighted by molar-refractivity contribution is -0.139. The molecule has 1 aliphatic heterocycles. The highest BCUT2D eigenvalue weighted by Gasteiger charge is 2.25. The molecular formula is C12H16N2O6S. The zero-order valence-corrected chi connectivity index (χ0v) is 12.0. The number of anilines is 1. The van der Waals surface area contributed by atoms with E-state index in [4.69, 9.17) is 14.6 Å². The number of nitrogens with one attached hydrogen (secondary N) is 1. The summed E-state index contributed by atoms with van der Waals surface area (Å²) < 4.78 is 38.3. The quantitative estimate of drug-likeness (QED) is 0.773. The first-order valence-corrected chi connectivity index (χ1v) is 7.72. The highest BCUT2D eigenvalue weighted by atomic mass is 32.2. The average Bonchev–Trinajstić information content (AvgIpc) is 2.47. The van der Waals surface area contributed by atoms with Gasteiger partial charge in [-0.1, -0.05) is 12.1 Å². The van der Waals surface area contributed by atoms with E-state index in [0.717, 1.165) is 0 Å². The predicted molar refractivity (Wildman–Crippen MR) is 74.5 cm³/mol. The minimum Gasteiger partial charge on any atom is -0.480 e. The maximum atomic E-state index is 12.2. The highest BCUT2D eigenvalue weighted by Crippen LogP contribution is 2.25. The predicted octanol–water partition coefficient (Wildman–Crippen LogP) is 0.139. The Balaban J connectivity index is 2.12. The van der Waals surface area contributed by atoms with Gasteiger partial charge in [-0.3, -0.25) is 4.72 Å². The molecule has 1 fully saturated rings. The Bertz CT molecular complexity index is 598. The van der Waals surface area contributed by atoms with Gasteiger partial charge in [-0.2, -0.15) is 12.7 Å². The zero-order chi connectivity index (χ0) is 15.3. The third-order valence-corrected chi connectivity index (χ3v) is 4.31. The highest BCUT2D eigenvalue weighted by molar-refractivity contribution is 7.90. The summed E-state index contributed by atoms with van der Waals surface area (Å²) in [6, 6.07) is 6.27. The van der Waals surface area contributed by atoms with Crippen molar-refractivity contribution in [1.29, 1.82) is 0 Å². The van der Waals surface area contributed by atoms with E-state index in [-0.39, 0.29) is 24.5 Å². The molecule has 116 valence electrons. The maximum Gasteiger partial charge on any atom is 0.341 e. The van der Waals surface area contributed by atoms with Gasteiger partial charge in [0.05, 0.1) is 18.9 Å². The van der Waals surface area contributed by atoms with Crippen LogP contribution < -0.4 is 9.46 Å². The largest absolute Gasteiger partial charge is 0.480 e. The van der Waals surface area contributed by atoms with Crippen LogP contribution in [0.3, 0.4) is 0 Å². The summed E-state index contributed by atoms with van der Waals surface area (Å²) in [4.78, 5) is 10.5. The van der Waals surface area contributed by atoms with Crippen LogP contribution in [-0.2, 0) is 19.7 Å². The first kappa shape index (κ1) is 15.5. The van der Waals surface area contributed by atoms with E-state index in [2.05, 4.69) is 4.72 Å². The lowest BCUT2D eigenvalue weighted by atomic mass is 10.3. The molecule has 0 saturated carbocycles. The van der Waals surface area contributed by atoms with Crippen molar-refractivity contribution in [2.24, 2.45) is 0 Å². The monoisotopic (exact) mass is 316 g/mol. The first-order valence-electron chi connectivity index (χ1n) is 6.28. The molecule has 2 rings (SSSR count). The number of carboxylic acid groups (broad SMARTS) is 1. The van der Waals surface area contributed by atoms with Gasteiger partial charge >= 0.3 is 16.2 Å². The van der Waals surface area contributed by atoms with Crippen LogP contribution in [0.15, 0.2) is 24.3 Å². The van der Waals surface area contributed by atoms with Crippen LogP contribution in [0.1, 0.15) is 0 Å². The molecule has 0 aromatic heterocycles. The number of nitrogens with zero attached hydrogens (tertiary/aromatic N) is 1. The Morgan fingerprint density at radius 3 is 2.67 bits per heavy atom. The van der Waals surface area contributed by atoms with Crippen LogP contribution in [0.25, 0.3) is 0 Å². The van der Waals surface area contributed by atoms with E-state index in [9.17, 15) is 13.2 Å². The van der Waals surface area contributed by atoms with Crippen molar-refractivity contribution in [2.75, 3.05) is 37.6 Å². The molecule has 9 heteroatoms. The summed E-state index contributed by atoms with van der Waals surface area (Å²) in [5, 5.41) is 8.62. The van der Waals surface area contributed by atoms with Gasteiger partial charge in [0, 0.05) is 13.1 Å². The Kier molecular flexibility index (Phi) is 4.99. The summed E-state index contributed by atoms with van der Waals surface area (Å²) in [5.74, 6) is -0.974. The second-order valence-electron chi connectivity index (χ2n) is 4.30. The molecule has 0 unspecified atom stereocenters. The van der Waals surface area contributed by atoms with Crippen molar-refractivity contribution in [2.45, 2.75) is 0 Å². The van der Waals surface area contributed by atoms with Crippen molar-refractivity contribution >= 4 is 21.9 Å². The van der Waals surface area contributed by atoms with Gasteiger partial charge in [-0.05, 0) is 12.1 Å². The fourth-order valence-electron chi connectivity index (χ4n) is 1.81. The molecule has 0 spiro atoms. The number of aliphatic carboxylic acids is 1. The number of hydrogen-bond donors (Lipinski definition) is 2. The van der Waals surface area contributed by atoms with Crippen molar-refractivity contribution < 1.29 is 27.8 Å². The third-order valence-electron chi connectivity index (χ3n) is 2.79. The summed E-state index contributed by atoms with van der Waals surface area (Å²) in [7, 11) is -3.72. The SMILES string of the molecule is O=C(O)COc1ccccc1NS(=O)(=O)N1CCOCC1. The summed E-state index contributed by atoms with van der Waals surface area (Å²) in [6.45, 7) is 0.688. The second kappa shape index (κ2) is 6.74. The lowest BCUT2D eigenvalue weighted by Crippen LogP contribution is -2.43. The number of hydrogen-bond acceptors (Lipinski definition) is 5. The topological polar surface area (TPSA) is 105 Å². The van der Waals surface area contributed by atoms with Crippen LogP contribution in [0, 0.1) is 0 Å². The first-order chi connectivity index (χ1) is 9.99. The molecule has 2 N–H and O–H groups in total. The second-order valence-corrected chi connectivity index (χ2v) is 5.97. The molecule has 0 radical (unpaired) electrons. The zero-order valence-electron chi connectivity index (χ0n) is 11.2. The molecule has 0 atom stereocenters. The van der Waals surface area contributed by atoms with Gasteiger partial charge in [0.1, 0.15) is 5.75 Å². The summed E-state index contributed by atoms with van der Waals surface area (Å²) in [6.07, 6.45) is 0. The molecule has 0 amide bonds. The van der Waals surface area contributed by atoms with Gasteiger partial charge in [-0.15, -0.1) is 0 Å². The fourth-order valence-corrected chi connectivity index (χ4v) is 3.01. The van der Waals surface area contributed by atoms with Gasteiger partial charge in [0.25, 0.3) is 0 Å². The Labute approximate surface area is 122 Å². The third kappa shape index (κ3) is 4.31. The summed E-state index contributed by atoms with van der Waals surface area (Å²) in [5.41, 5.74) is 0.199. The maximum absolute atomic E-state index is 12.2. The Hall–Kier alpha value is -1.84. The molecule has 1 saturated heterocycles. The van der Waals surface area contributed by atoms with Crippen LogP contribution in [-0.4, -0.2) is 56.7 Å². The fraction of sp³-hybridized carbons (Fsp3) is 0.417. The molecule has 1 aliphatic rings. The van der Waals surface area contributed by atoms with E-state index in [1.807, 2.05) is 0 Å².